The summed E-state index contributed by atoms with van der Waals surface area (Å²) in [5.41, 5.74) is 1.06. The first-order valence-corrected chi connectivity index (χ1v) is 5.81. The van der Waals surface area contributed by atoms with Gasteiger partial charge in [0.25, 0.3) is 0 Å². The van der Waals surface area contributed by atoms with Crippen molar-refractivity contribution in [1.29, 1.82) is 0 Å². The number of ketones is 1. The Balaban J connectivity index is 2.14. The van der Waals surface area contributed by atoms with Crippen molar-refractivity contribution in [2.45, 2.75) is 33.1 Å². The molecule has 16 heavy (non-hydrogen) atoms. The van der Waals surface area contributed by atoms with E-state index in [1.54, 1.807) is 0 Å². The molecule has 0 saturated heterocycles. The van der Waals surface area contributed by atoms with Crippen molar-refractivity contribution in [3.63, 3.8) is 0 Å². The van der Waals surface area contributed by atoms with E-state index in [1.165, 1.54) is 5.56 Å². The summed E-state index contributed by atoms with van der Waals surface area (Å²) in [5, 5.41) is 0. The second-order valence-electron chi connectivity index (χ2n) is 4.90. The molecule has 0 heterocycles. The van der Waals surface area contributed by atoms with Gasteiger partial charge in [-0.25, -0.2) is 0 Å². The Morgan fingerprint density at radius 3 is 2.38 bits per heavy atom. The molecule has 2 nitrogen and oxygen atoms in total. The molecule has 0 radical (unpaired) electrons. The van der Waals surface area contributed by atoms with Crippen molar-refractivity contribution in [3.05, 3.63) is 29.8 Å². The Kier molecular flexibility index (Phi) is 2.75. The normalized spacial score (nSPS) is 22.7. The van der Waals surface area contributed by atoms with Gasteiger partial charge in [0.05, 0.1) is 6.61 Å². The van der Waals surface area contributed by atoms with Crippen LogP contribution in [-0.4, -0.2) is 12.4 Å². The fourth-order valence-corrected chi connectivity index (χ4v) is 2.26. The van der Waals surface area contributed by atoms with Crippen LogP contribution in [0, 0.1) is 5.41 Å². The van der Waals surface area contributed by atoms with Crippen LogP contribution in [0.4, 0.5) is 0 Å². The van der Waals surface area contributed by atoms with Crippen molar-refractivity contribution in [2.75, 3.05) is 6.61 Å². The standard InChI is InChI=1S/C14H18O2/c1-4-16-11-7-5-10(6-8-11)12-9-13(15)14(12,2)3/h5-8,12H,4,9H2,1-3H3. The van der Waals surface area contributed by atoms with E-state index in [2.05, 4.69) is 12.1 Å². The van der Waals surface area contributed by atoms with Gasteiger partial charge >= 0.3 is 0 Å². The molecule has 0 aromatic heterocycles. The lowest BCUT2D eigenvalue weighted by atomic mass is 9.59. The van der Waals surface area contributed by atoms with E-state index in [0.29, 0.717) is 24.7 Å². The molecule has 0 bridgehead atoms. The van der Waals surface area contributed by atoms with E-state index in [1.807, 2.05) is 32.9 Å². The third kappa shape index (κ3) is 1.73. The monoisotopic (exact) mass is 218 g/mol. The number of benzene rings is 1. The maximum absolute atomic E-state index is 11.5. The van der Waals surface area contributed by atoms with Crippen LogP contribution in [-0.2, 0) is 4.79 Å². The molecule has 2 rings (SSSR count). The molecule has 1 saturated carbocycles. The average molecular weight is 218 g/mol. The van der Waals surface area contributed by atoms with Gasteiger partial charge in [-0.15, -0.1) is 0 Å². The Morgan fingerprint density at radius 1 is 1.31 bits per heavy atom. The van der Waals surface area contributed by atoms with Gasteiger partial charge in [0, 0.05) is 17.8 Å². The Hall–Kier alpha value is -1.31. The highest BCUT2D eigenvalue weighted by atomic mass is 16.5. The minimum atomic E-state index is -0.187. The molecular formula is C14H18O2. The predicted molar refractivity (Wildman–Crippen MR) is 63.8 cm³/mol. The molecule has 0 spiro atoms. The van der Waals surface area contributed by atoms with Crippen LogP contribution in [0.15, 0.2) is 24.3 Å². The first-order chi connectivity index (χ1) is 7.55. The van der Waals surface area contributed by atoms with E-state index < -0.39 is 0 Å². The van der Waals surface area contributed by atoms with E-state index in [4.69, 9.17) is 4.74 Å². The molecular weight excluding hydrogens is 200 g/mol. The Labute approximate surface area is 96.6 Å². The van der Waals surface area contributed by atoms with Crippen LogP contribution in [0.1, 0.15) is 38.7 Å². The summed E-state index contributed by atoms with van der Waals surface area (Å²) in [6.45, 7) is 6.72. The van der Waals surface area contributed by atoms with Crippen LogP contribution < -0.4 is 4.74 Å². The molecule has 1 unspecified atom stereocenters. The largest absolute Gasteiger partial charge is 0.494 e. The molecule has 1 aromatic rings. The van der Waals surface area contributed by atoms with Crippen LogP contribution in [0.5, 0.6) is 5.75 Å². The van der Waals surface area contributed by atoms with Gasteiger partial charge in [0.2, 0.25) is 0 Å². The number of Topliss-reactive ketones (excluding diaryl/α,β-unsaturated/α-hetero) is 1. The Morgan fingerprint density at radius 2 is 1.94 bits per heavy atom. The van der Waals surface area contributed by atoms with Gasteiger partial charge in [0.1, 0.15) is 11.5 Å². The summed E-state index contributed by atoms with van der Waals surface area (Å²) in [6.07, 6.45) is 0.682. The van der Waals surface area contributed by atoms with E-state index in [9.17, 15) is 4.79 Å². The van der Waals surface area contributed by atoms with Gasteiger partial charge < -0.3 is 4.74 Å². The van der Waals surface area contributed by atoms with Crippen molar-refractivity contribution in [3.8, 4) is 5.75 Å². The quantitative estimate of drug-likeness (QED) is 0.779. The van der Waals surface area contributed by atoms with Crippen LogP contribution in [0.2, 0.25) is 0 Å². The molecule has 1 aliphatic rings. The van der Waals surface area contributed by atoms with Gasteiger partial charge in [-0.1, -0.05) is 26.0 Å². The van der Waals surface area contributed by atoms with Crippen molar-refractivity contribution in [2.24, 2.45) is 5.41 Å². The van der Waals surface area contributed by atoms with Gasteiger partial charge in [-0.2, -0.15) is 0 Å². The molecule has 86 valence electrons. The van der Waals surface area contributed by atoms with E-state index in [-0.39, 0.29) is 5.41 Å². The number of ether oxygens (including phenoxy) is 1. The van der Waals surface area contributed by atoms with Crippen molar-refractivity contribution >= 4 is 5.78 Å². The topological polar surface area (TPSA) is 26.3 Å². The molecule has 0 aliphatic heterocycles. The third-order valence-corrected chi connectivity index (χ3v) is 3.57. The Bertz CT molecular complexity index is 390. The molecule has 1 aliphatic carbocycles. The number of hydrogen-bond acceptors (Lipinski definition) is 2. The number of carbonyl (C=O) groups is 1. The lowest BCUT2D eigenvalue weighted by Crippen LogP contribution is -2.43. The molecule has 0 amide bonds. The number of rotatable bonds is 3. The SMILES string of the molecule is CCOc1ccc(C2CC(=O)C2(C)C)cc1. The van der Waals surface area contributed by atoms with Crippen molar-refractivity contribution < 1.29 is 9.53 Å². The van der Waals surface area contributed by atoms with Crippen molar-refractivity contribution in [1.82, 2.24) is 0 Å². The highest BCUT2D eigenvalue weighted by molar-refractivity contribution is 5.92. The molecule has 1 atom stereocenters. The van der Waals surface area contributed by atoms with Gasteiger partial charge in [0.15, 0.2) is 0 Å². The number of carbonyl (C=O) groups excluding carboxylic acids is 1. The molecule has 0 N–H and O–H groups in total. The molecule has 1 fully saturated rings. The molecule has 1 aromatic carbocycles. The second-order valence-corrected chi connectivity index (χ2v) is 4.90. The van der Waals surface area contributed by atoms with E-state index in [0.717, 1.165) is 5.75 Å². The fraction of sp³-hybridized carbons (Fsp3) is 0.500. The highest BCUT2D eigenvalue weighted by Gasteiger charge is 2.47. The minimum Gasteiger partial charge on any atom is -0.494 e. The molecule has 2 heteroatoms. The maximum atomic E-state index is 11.5. The maximum Gasteiger partial charge on any atom is 0.139 e. The summed E-state index contributed by atoms with van der Waals surface area (Å²) in [7, 11) is 0. The first-order valence-electron chi connectivity index (χ1n) is 5.81. The first kappa shape index (κ1) is 11.2. The lowest BCUT2D eigenvalue weighted by molar-refractivity contribution is -0.137. The highest BCUT2D eigenvalue weighted by Crippen LogP contribution is 2.49. The van der Waals surface area contributed by atoms with Gasteiger partial charge in [-0.3, -0.25) is 4.79 Å². The minimum absolute atomic E-state index is 0.187. The van der Waals surface area contributed by atoms with Crippen LogP contribution >= 0.6 is 0 Å². The average Bonchev–Trinajstić information content (AvgIpc) is 2.28. The van der Waals surface area contributed by atoms with Crippen LogP contribution in [0.25, 0.3) is 0 Å². The summed E-state index contributed by atoms with van der Waals surface area (Å²) in [6, 6.07) is 8.11. The van der Waals surface area contributed by atoms with Crippen LogP contribution in [0.3, 0.4) is 0 Å². The summed E-state index contributed by atoms with van der Waals surface area (Å²) < 4.78 is 5.40. The smallest absolute Gasteiger partial charge is 0.139 e. The zero-order chi connectivity index (χ0) is 11.8. The lowest BCUT2D eigenvalue weighted by Gasteiger charge is -2.42. The zero-order valence-electron chi connectivity index (χ0n) is 10.1. The number of hydrogen-bond donors (Lipinski definition) is 0. The third-order valence-electron chi connectivity index (χ3n) is 3.57. The summed E-state index contributed by atoms with van der Waals surface area (Å²) >= 11 is 0. The summed E-state index contributed by atoms with van der Waals surface area (Å²) in [4.78, 5) is 11.5. The predicted octanol–water partition coefficient (Wildman–Crippen LogP) is 3.17. The second kappa shape index (κ2) is 3.93. The van der Waals surface area contributed by atoms with E-state index >= 15 is 0 Å². The van der Waals surface area contributed by atoms with Gasteiger partial charge in [-0.05, 0) is 24.6 Å². The summed E-state index contributed by atoms with van der Waals surface area (Å²) in [5.74, 6) is 1.64. The zero-order valence-corrected chi connectivity index (χ0v) is 10.1. The fourth-order valence-electron chi connectivity index (χ4n) is 2.26.